The highest BCUT2D eigenvalue weighted by molar-refractivity contribution is 7.99. The molecule has 0 radical (unpaired) electrons. The van der Waals surface area contributed by atoms with Crippen molar-refractivity contribution in [3.05, 3.63) is 29.3 Å². The van der Waals surface area contributed by atoms with Gasteiger partial charge in [0.15, 0.2) is 0 Å². The molecule has 0 unspecified atom stereocenters. The molecule has 5 heteroatoms. The molecule has 0 aromatic heterocycles. The number of amides is 1. The van der Waals surface area contributed by atoms with E-state index in [1.54, 1.807) is 11.8 Å². The number of morpholine rings is 1. The van der Waals surface area contributed by atoms with E-state index < -0.39 is 0 Å². The van der Waals surface area contributed by atoms with E-state index in [1.807, 2.05) is 19.1 Å². The van der Waals surface area contributed by atoms with Crippen LogP contribution in [-0.4, -0.2) is 55.2 Å². The number of nitrogens with zero attached hydrogens (tertiary/aromatic N) is 1. The molecule has 22 heavy (non-hydrogen) atoms. The molecule has 1 saturated heterocycles. The molecule has 1 aliphatic heterocycles. The van der Waals surface area contributed by atoms with E-state index in [-0.39, 0.29) is 5.91 Å². The zero-order valence-corrected chi connectivity index (χ0v) is 14.4. The van der Waals surface area contributed by atoms with Crippen molar-refractivity contribution in [3.63, 3.8) is 0 Å². The Morgan fingerprint density at radius 3 is 2.86 bits per heavy atom. The van der Waals surface area contributed by atoms with Gasteiger partial charge in [-0.25, -0.2) is 0 Å². The standard InChI is InChI=1S/C17H26N2O2S/c1-3-15-6-4-5-14(2)17(15)18-16(20)13-22-12-9-19-7-10-21-11-8-19/h4-6H,3,7-13H2,1-2H3,(H,18,20). The Labute approximate surface area is 137 Å². The maximum absolute atomic E-state index is 12.1. The molecule has 1 aromatic rings. The Morgan fingerprint density at radius 1 is 1.36 bits per heavy atom. The zero-order valence-electron chi connectivity index (χ0n) is 13.6. The highest BCUT2D eigenvalue weighted by Crippen LogP contribution is 2.21. The summed E-state index contributed by atoms with van der Waals surface area (Å²) in [4.78, 5) is 14.5. The van der Waals surface area contributed by atoms with Crippen LogP contribution in [0.4, 0.5) is 5.69 Å². The number of ether oxygens (including phenoxy) is 1. The summed E-state index contributed by atoms with van der Waals surface area (Å²) in [6.07, 6.45) is 0.932. The van der Waals surface area contributed by atoms with Gasteiger partial charge < -0.3 is 10.1 Å². The lowest BCUT2D eigenvalue weighted by Gasteiger charge is -2.26. The molecule has 0 aliphatic carbocycles. The van der Waals surface area contributed by atoms with Gasteiger partial charge in [-0.15, -0.1) is 0 Å². The highest BCUT2D eigenvalue weighted by atomic mass is 32.2. The van der Waals surface area contributed by atoms with Crippen molar-refractivity contribution in [2.75, 3.05) is 49.7 Å². The van der Waals surface area contributed by atoms with Crippen LogP contribution in [0.15, 0.2) is 18.2 Å². The Hall–Kier alpha value is -1.04. The first-order chi connectivity index (χ1) is 10.7. The molecular formula is C17H26N2O2S. The van der Waals surface area contributed by atoms with Crippen LogP contribution in [0.2, 0.25) is 0 Å². The molecular weight excluding hydrogens is 296 g/mol. The molecule has 1 amide bonds. The van der Waals surface area contributed by atoms with Crippen molar-refractivity contribution in [2.45, 2.75) is 20.3 Å². The predicted molar refractivity (Wildman–Crippen MR) is 93.8 cm³/mol. The number of para-hydroxylation sites is 1. The van der Waals surface area contributed by atoms with Crippen LogP contribution in [0, 0.1) is 6.92 Å². The number of carbonyl (C=O) groups is 1. The van der Waals surface area contributed by atoms with Gasteiger partial charge in [0.2, 0.25) is 5.91 Å². The van der Waals surface area contributed by atoms with Gasteiger partial charge in [-0.05, 0) is 24.5 Å². The second kappa shape index (κ2) is 9.18. The molecule has 1 N–H and O–H groups in total. The Morgan fingerprint density at radius 2 is 2.14 bits per heavy atom. The zero-order chi connectivity index (χ0) is 15.8. The first-order valence-electron chi connectivity index (χ1n) is 7.97. The normalized spacial score (nSPS) is 15.7. The van der Waals surface area contributed by atoms with Crippen molar-refractivity contribution in [2.24, 2.45) is 0 Å². The van der Waals surface area contributed by atoms with Crippen LogP contribution in [0.1, 0.15) is 18.1 Å². The summed E-state index contributed by atoms with van der Waals surface area (Å²) in [6, 6.07) is 6.16. The van der Waals surface area contributed by atoms with Crippen LogP contribution in [0.3, 0.4) is 0 Å². The number of carbonyl (C=O) groups excluding carboxylic acids is 1. The van der Waals surface area contributed by atoms with Gasteiger partial charge in [0, 0.05) is 31.1 Å². The summed E-state index contributed by atoms with van der Waals surface area (Å²) in [5.41, 5.74) is 3.32. The summed E-state index contributed by atoms with van der Waals surface area (Å²) < 4.78 is 5.33. The molecule has 1 aromatic carbocycles. The second-order valence-corrected chi connectivity index (χ2v) is 6.62. The molecule has 1 aliphatic rings. The molecule has 0 bridgehead atoms. The third kappa shape index (κ3) is 5.30. The number of anilines is 1. The minimum Gasteiger partial charge on any atom is -0.379 e. The third-order valence-electron chi connectivity index (χ3n) is 3.89. The first-order valence-corrected chi connectivity index (χ1v) is 9.12. The molecule has 0 saturated carbocycles. The van der Waals surface area contributed by atoms with Gasteiger partial charge in [0.25, 0.3) is 0 Å². The summed E-state index contributed by atoms with van der Waals surface area (Å²) >= 11 is 1.70. The van der Waals surface area contributed by atoms with Crippen LogP contribution in [-0.2, 0) is 16.0 Å². The Kier molecular flexibility index (Phi) is 7.22. The monoisotopic (exact) mass is 322 g/mol. The lowest BCUT2D eigenvalue weighted by Crippen LogP contribution is -2.37. The van der Waals surface area contributed by atoms with Crippen LogP contribution in [0.5, 0.6) is 0 Å². The molecule has 4 nitrogen and oxygen atoms in total. The van der Waals surface area contributed by atoms with E-state index in [2.05, 4.69) is 23.2 Å². The molecule has 0 atom stereocenters. The smallest absolute Gasteiger partial charge is 0.234 e. The van der Waals surface area contributed by atoms with Gasteiger partial charge in [-0.2, -0.15) is 11.8 Å². The van der Waals surface area contributed by atoms with Gasteiger partial charge in [-0.1, -0.05) is 25.1 Å². The number of thioether (sulfide) groups is 1. The Bertz CT molecular complexity index is 488. The van der Waals surface area contributed by atoms with Crippen LogP contribution in [0.25, 0.3) is 0 Å². The number of benzene rings is 1. The molecule has 1 heterocycles. The van der Waals surface area contributed by atoms with Crippen LogP contribution < -0.4 is 5.32 Å². The topological polar surface area (TPSA) is 41.6 Å². The van der Waals surface area contributed by atoms with Crippen molar-refractivity contribution in [1.82, 2.24) is 4.90 Å². The van der Waals surface area contributed by atoms with Crippen molar-refractivity contribution < 1.29 is 9.53 Å². The van der Waals surface area contributed by atoms with E-state index >= 15 is 0 Å². The lowest BCUT2D eigenvalue weighted by molar-refractivity contribution is -0.113. The fourth-order valence-corrected chi connectivity index (χ4v) is 3.35. The van der Waals surface area contributed by atoms with Gasteiger partial charge in [0.1, 0.15) is 0 Å². The van der Waals surface area contributed by atoms with Gasteiger partial charge in [-0.3, -0.25) is 9.69 Å². The van der Waals surface area contributed by atoms with Crippen molar-refractivity contribution in [1.29, 1.82) is 0 Å². The number of nitrogens with one attached hydrogen (secondary N) is 1. The summed E-state index contributed by atoms with van der Waals surface area (Å²) in [5, 5.41) is 3.07. The van der Waals surface area contributed by atoms with E-state index in [0.29, 0.717) is 5.75 Å². The van der Waals surface area contributed by atoms with E-state index in [9.17, 15) is 4.79 Å². The summed E-state index contributed by atoms with van der Waals surface area (Å²) in [7, 11) is 0. The SMILES string of the molecule is CCc1cccc(C)c1NC(=O)CSCCN1CCOCC1. The first kappa shape index (κ1) is 17.3. The minimum atomic E-state index is 0.0935. The fourth-order valence-electron chi connectivity index (χ4n) is 2.56. The predicted octanol–water partition coefficient (Wildman–Crippen LogP) is 2.56. The maximum atomic E-state index is 12.1. The minimum absolute atomic E-state index is 0.0935. The summed E-state index contributed by atoms with van der Waals surface area (Å²) in [5.74, 6) is 1.60. The largest absolute Gasteiger partial charge is 0.379 e. The number of aryl methyl sites for hydroxylation is 2. The summed E-state index contributed by atoms with van der Waals surface area (Å²) in [6.45, 7) is 8.87. The van der Waals surface area contributed by atoms with Crippen molar-refractivity contribution in [3.8, 4) is 0 Å². The molecule has 0 spiro atoms. The number of hydrogen-bond acceptors (Lipinski definition) is 4. The van der Waals surface area contributed by atoms with Crippen molar-refractivity contribution >= 4 is 23.4 Å². The van der Waals surface area contributed by atoms with Gasteiger partial charge >= 0.3 is 0 Å². The fraction of sp³-hybridized carbons (Fsp3) is 0.588. The molecule has 122 valence electrons. The van der Waals surface area contributed by atoms with E-state index in [0.717, 1.165) is 56.3 Å². The molecule has 2 rings (SSSR count). The quantitative estimate of drug-likeness (QED) is 0.784. The average Bonchev–Trinajstić information content (AvgIpc) is 2.54. The van der Waals surface area contributed by atoms with E-state index in [4.69, 9.17) is 4.74 Å². The van der Waals surface area contributed by atoms with Crippen LogP contribution >= 0.6 is 11.8 Å². The molecule has 1 fully saturated rings. The van der Waals surface area contributed by atoms with Gasteiger partial charge in [0.05, 0.1) is 19.0 Å². The lowest BCUT2D eigenvalue weighted by atomic mass is 10.1. The maximum Gasteiger partial charge on any atom is 0.234 e. The highest BCUT2D eigenvalue weighted by Gasteiger charge is 2.11. The number of hydrogen-bond donors (Lipinski definition) is 1. The average molecular weight is 322 g/mol. The Balaban J connectivity index is 1.71. The second-order valence-electron chi connectivity index (χ2n) is 5.52. The van der Waals surface area contributed by atoms with E-state index in [1.165, 1.54) is 5.56 Å². The number of rotatable bonds is 7. The third-order valence-corrected chi connectivity index (χ3v) is 4.83.